The molecule has 0 amide bonds. The van der Waals surface area contributed by atoms with Crippen LogP contribution in [0, 0.1) is 6.92 Å². The zero-order valence-electron chi connectivity index (χ0n) is 15.2. The lowest BCUT2D eigenvalue weighted by Gasteiger charge is -2.11. The number of thiophene rings is 1. The highest BCUT2D eigenvalue weighted by atomic mass is 32.1. The summed E-state index contributed by atoms with van der Waals surface area (Å²) in [6.07, 6.45) is 0.926. The van der Waals surface area contributed by atoms with Gasteiger partial charge in [0.05, 0.1) is 20.3 Å². The third-order valence-electron chi connectivity index (χ3n) is 3.64. The Morgan fingerprint density at radius 3 is 2.56 bits per heavy atom. The summed E-state index contributed by atoms with van der Waals surface area (Å²) in [7, 11) is 3.46. The van der Waals surface area contributed by atoms with E-state index in [1.54, 1.807) is 25.5 Å². The average molecular weight is 362 g/mol. The zero-order valence-corrected chi connectivity index (χ0v) is 16.0. The van der Waals surface area contributed by atoms with E-state index in [-0.39, 0.29) is 0 Å². The molecule has 5 nitrogen and oxygen atoms in total. The van der Waals surface area contributed by atoms with Crippen molar-refractivity contribution in [2.45, 2.75) is 26.5 Å². The second-order valence-electron chi connectivity index (χ2n) is 5.62. The van der Waals surface area contributed by atoms with E-state index < -0.39 is 0 Å². The number of hydrogen-bond donors (Lipinski definition) is 2. The number of nitrogens with zero attached hydrogens (tertiary/aromatic N) is 1. The van der Waals surface area contributed by atoms with Gasteiger partial charge in [-0.3, -0.25) is 4.99 Å². The number of nitrogens with one attached hydrogen (secondary N) is 2. The SMILES string of the molecule is CN=C(NCCCOCc1ccc(OC)cc1)NCc1ccc(C)s1. The first-order valence-corrected chi connectivity index (χ1v) is 9.23. The van der Waals surface area contributed by atoms with Crippen molar-refractivity contribution in [1.82, 2.24) is 10.6 Å². The van der Waals surface area contributed by atoms with Crippen LogP contribution in [0.5, 0.6) is 5.75 Å². The highest BCUT2D eigenvalue weighted by Crippen LogP contribution is 2.14. The third kappa shape index (κ3) is 7.15. The predicted molar refractivity (Wildman–Crippen MR) is 105 cm³/mol. The van der Waals surface area contributed by atoms with Gasteiger partial charge in [0.15, 0.2) is 5.96 Å². The molecule has 0 aliphatic carbocycles. The van der Waals surface area contributed by atoms with Crippen LogP contribution < -0.4 is 15.4 Å². The molecule has 0 aliphatic rings. The maximum absolute atomic E-state index is 5.70. The lowest BCUT2D eigenvalue weighted by Crippen LogP contribution is -2.37. The number of rotatable bonds is 9. The topological polar surface area (TPSA) is 54.9 Å². The number of aryl methyl sites for hydroxylation is 1. The Hall–Kier alpha value is -2.05. The lowest BCUT2D eigenvalue weighted by atomic mass is 10.2. The fraction of sp³-hybridized carbons (Fsp3) is 0.421. The summed E-state index contributed by atoms with van der Waals surface area (Å²) in [5.74, 6) is 1.69. The van der Waals surface area contributed by atoms with Crippen LogP contribution >= 0.6 is 11.3 Å². The first-order chi connectivity index (χ1) is 12.2. The van der Waals surface area contributed by atoms with Crippen LogP contribution in [0.4, 0.5) is 0 Å². The summed E-state index contributed by atoms with van der Waals surface area (Å²) in [6.45, 7) is 5.07. The van der Waals surface area contributed by atoms with Gasteiger partial charge in [-0.05, 0) is 43.2 Å². The largest absolute Gasteiger partial charge is 0.497 e. The Morgan fingerprint density at radius 1 is 1.12 bits per heavy atom. The van der Waals surface area contributed by atoms with Crippen molar-refractivity contribution in [3.63, 3.8) is 0 Å². The minimum Gasteiger partial charge on any atom is -0.497 e. The summed E-state index contributed by atoms with van der Waals surface area (Å²) in [5.41, 5.74) is 1.15. The third-order valence-corrected chi connectivity index (χ3v) is 4.64. The fourth-order valence-electron chi connectivity index (χ4n) is 2.26. The summed E-state index contributed by atoms with van der Waals surface area (Å²) < 4.78 is 10.8. The number of ether oxygens (including phenoxy) is 2. The average Bonchev–Trinajstić information content (AvgIpc) is 3.06. The van der Waals surface area contributed by atoms with Crippen LogP contribution in [0.2, 0.25) is 0 Å². The molecule has 0 unspecified atom stereocenters. The normalized spacial score (nSPS) is 11.4. The van der Waals surface area contributed by atoms with Crippen molar-refractivity contribution in [1.29, 1.82) is 0 Å². The molecule has 2 aromatic rings. The van der Waals surface area contributed by atoms with Crippen LogP contribution in [-0.2, 0) is 17.9 Å². The smallest absolute Gasteiger partial charge is 0.191 e. The number of hydrogen-bond acceptors (Lipinski definition) is 4. The quantitative estimate of drug-likeness (QED) is 0.409. The van der Waals surface area contributed by atoms with E-state index in [4.69, 9.17) is 9.47 Å². The van der Waals surface area contributed by atoms with Crippen molar-refractivity contribution >= 4 is 17.3 Å². The molecule has 2 N–H and O–H groups in total. The van der Waals surface area contributed by atoms with Crippen LogP contribution in [0.1, 0.15) is 21.7 Å². The maximum atomic E-state index is 5.70. The molecule has 1 aromatic carbocycles. The van der Waals surface area contributed by atoms with E-state index in [9.17, 15) is 0 Å². The molecule has 25 heavy (non-hydrogen) atoms. The van der Waals surface area contributed by atoms with Gasteiger partial charge in [-0.25, -0.2) is 0 Å². The monoisotopic (exact) mass is 361 g/mol. The van der Waals surface area contributed by atoms with Crippen molar-refractivity contribution in [2.75, 3.05) is 27.3 Å². The second kappa shape index (κ2) is 10.7. The van der Waals surface area contributed by atoms with E-state index in [2.05, 4.69) is 34.7 Å². The minimum absolute atomic E-state index is 0.620. The van der Waals surface area contributed by atoms with Gasteiger partial charge in [-0.2, -0.15) is 0 Å². The van der Waals surface area contributed by atoms with E-state index in [0.29, 0.717) is 13.2 Å². The van der Waals surface area contributed by atoms with Gasteiger partial charge in [0.2, 0.25) is 0 Å². The number of methoxy groups -OCH3 is 1. The van der Waals surface area contributed by atoms with Gasteiger partial charge < -0.3 is 20.1 Å². The van der Waals surface area contributed by atoms with Gasteiger partial charge in [-0.1, -0.05) is 12.1 Å². The lowest BCUT2D eigenvalue weighted by molar-refractivity contribution is 0.119. The van der Waals surface area contributed by atoms with Gasteiger partial charge >= 0.3 is 0 Å². The van der Waals surface area contributed by atoms with Crippen molar-refractivity contribution < 1.29 is 9.47 Å². The summed E-state index contributed by atoms with van der Waals surface area (Å²) in [6, 6.07) is 12.2. The van der Waals surface area contributed by atoms with Crippen LogP contribution in [0.3, 0.4) is 0 Å². The molecule has 1 aromatic heterocycles. The molecule has 6 heteroatoms. The van der Waals surface area contributed by atoms with Gasteiger partial charge in [0.1, 0.15) is 5.75 Å². The molecule has 0 aliphatic heterocycles. The van der Waals surface area contributed by atoms with E-state index in [1.165, 1.54) is 9.75 Å². The van der Waals surface area contributed by atoms with Gasteiger partial charge in [0, 0.05) is 30.0 Å². The van der Waals surface area contributed by atoms with Gasteiger partial charge in [0.25, 0.3) is 0 Å². The summed E-state index contributed by atoms with van der Waals surface area (Å²) in [5, 5.41) is 6.63. The van der Waals surface area contributed by atoms with Gasteiger partial charge in [-0.15, -0.1) is 11.3 Å². The number of aliphatic imine (C=N–C) groups is 1. The van der Waals surface area contributed by atoms with Crippen molar-refractivity contribution in [2.24, 2.45) is 4.99 Å². The summed E-state index contributed by atoms with van der Waals surface area (Å²) in [4.78, 5) is 6.87. The maximum Gasteiger partial charge on any atom is 0.191 e. The highest BCUT2D eigenvalue weighted by Gasteiger charge is 2.00. The molecule has 2 rings (SSSR count). The molecule has 0 radical (unpaired) electrons. The van der Waals surface area contributed by atoms with Crippen molar-refractivity contribution in [3.05, 3.63) is 51.7 Å². The van der Waals surface area contributed by atoms with E-state index in [1.807, 2.05) is 24.3 Å². The highest BCUT2D eigenvalue weighted by molar-refractivity contribution is 7.11. The summed E-state index contributed by atoms with van der Waals surface area (Å²) >= 11 is 1.80. The van der Waals surface area contributed by atoms with Crippen LogP contribution in [0.15, 0.2) is 41.4 Å². The Bertz CT molecular complexity index is 653. The Labute approximate surface area is 154 Å². The molecule has 0 fully saturated rings. The standard InChI is InChI=1S/C19H27N3O2S/c1-15-5-10-18(25-15)13-22-19(20-2)21-11-4-12-24-14-16-6-8-17(23-3)9-7-16/h5-10H,4,11-14H2,1-3H3,(H2,20,21,22). The van der Waals surface area contributed by atoms with Crippen LogP contribution in [-0.4, -0.2) is 33.3 Å². The predicted octanol–water partition coefficient (Wildman–Crippen LogP) is 3.34. The zero-order chi connectivity index (χ0) is 17.9. The first-order valence-electron chi connectivity index (χ1n) is 8.42. The fourth-order valence-corrected chi connectivity index (χ4v) is 3.09. The molecule has 0 bridgehead atoms. The van der Waals surface area contributed by atoms with E-state index in [0.717, 1.165) is 36.8 Å². The van der Waals surface area contributed by atoms with Crippen LogP contribution in [0.25, 0.3) is 0 Å². The van der Waals surface area contributed by atoms with E-state index >= 15 is 0 Å². The van der Waals surface area contributed by atoms with Crippen molar-refractivity contribution in [3.8, 4) is 5.75 Å². The Kier molecular flexibility index (Phi) is 8.28. The molecular formula is C19H27N3O2S. The number of guanidine groups is 1. The second-order valence-corrected chi connectivity index (χ2v) is 6.99. The minimum atomic E-state index is 0.620. The molecule has 0 saturated carbocycles. The molecule has 0 spiro atoms. The Balaban J connectivity index is 1.56. The Morgan fingerprint density at radius 2 is 1.92 bits per heavy atom. The number of benzene rings is 1. The molecule has 0 atom stereocenters. The molecule has 136 valence electrons. The molecule has 1 heterocycles. The molecule has 0 saturated heterocycles. The molecular weight excluding hydrogens is 334 g/mol. The first kappa shape index (κ1) is 19.3.